The van der Waals surface area contributed by atoms with Gasteiger partial charge in [0.05, 0.1) is 0 Å². The van der Waals surface area contributed by atoms with Gasteiger partial charge in [-0.05, 0) is 19.3 Å². The number of allylic oxidation sites excluding steroid dienone is 2. The third-order valence-electron chi connectivity index (χ3n) is 4.60. The lowest BCUT2D eigenvalue weighted by Gasteiger charge is -2.03. The van der Waals surface area contributed by atoms with Gasteiger partial charge in [0, 0.05) is 0 Å². The van der Waals surface area contributed by atoms with Crippen molar-refractivity contribution >= 4 is 0 Å². The fraction of sp³-hybridized carbons (Fsp3) is 0.909. The van der Waals surface area contributed by atoms with Crippen molar-refractivity contribution < 1.29 is 0 Å². The van der Waals surface area contributed by atoms with Crippen LogP contribution in [0, 0.1) is 0 Å². The Hall–Kier alpha value is -0.260. The van der Waals surface area contributed by atoms with E-state index in [1.165, 1.54) is 116 Å². The molecule has 0 unspecified atom stereocenters. The molecule has 0 heterocycles. The van der Waals surface area contributed by atoms with Crippen LogP contribution in [0.5, 0.6) is 0 Å². The minimum absolute atomic E-state index is 1.26. The molecule has 0 aliphatic rings. The van der Waals surface area contributed by atoms with Crippen molar-refractivity contribution in [2.24, 2.45) is 0 Å². The third-order valence-corrected chi connectivity index (χ3v) is 4.60. The molecule has 0 aliphatic carbocycles. The Kier molecular flexibility index (Phi) is 20.5. The zero-order valence-electron chi connectivity index (χ0n) is 15.9. The molecule has 0 aliphatic heterocycles. The van der Waals surface area contributed by atoms with Crippen molar-refractivity contribution in [3.8, 4) is 0 Å². The molecule has 0 bridgehead atoms. The SMILES string of the molecule is CCC/C=C\CCCCCCCCCCCCCCCCC. The van der Waals surface area contributed by atoms with Gasteiger partial charge in [-0.25, -0.2) is 0 Å². The van der Waals surface area contributed by atoms with Gasteiger partial charge < -0.3 is 0 Å². The monoisotopic (exact) mass is 308 g/mol. The Balaban J connectivity index is 2.97. The van der Waals surface area contributed by atoms with Gasteiger partial charge in [0.1, 0.15) is 0 Å². The molecular weight excluding hydrogens is 264 g/mol. The molecule has 0 fully saturated rings. The van der Waals surface area contributed by atoms with Crippen molar-refractivity contribution in [1.82, 2.24) is 0 Å². The van der Waals surface area contributed by atoms with Crippen LogP contribution in [0.25, 0.3) is 0 Å². The van der Waals surface area contributed by atoms with Gasteiger partial charge in [0.2, 0.25) is 0 Å². The molecule has 0 N–H and O–H groups in total. The summed E-state index contributed by atoms with van der Waals surface area (Å²) in [5, 5.41) is 0. The average Bonchev–Trinajstić information content (AvgIpc) is 2.54. The summed E-state index contributed by atoms with van der Waals surface area (Å²) < 4.78 is 0. The lowest BCUT2D eigenvalue weighted by molar-refractivity contribution is 0.533. The Labute approximate surface area is 142 Å². The molecule has 22 heavy (non-hydrogen) atoms. The third kappa shape index (κ3) is 19.7. The van der Waals surface area contributed by atoms with Gasteiger partial charge in [-0.3, -0.25) is 0 Å². The first kappa shape index (κ1) is 21.7. The molecule has 0 spiro atoms. The van der Waals surface area contributed by atoms with E-state index in [1.807, 2.05) is 0 Å². The van der Waals surface area contributed by atoms with Crippen molar-refractivity contribution in [2.45, 2.75) is 129 Å². The first-order valence-corrected chi connectivity index (χ1v) is 10.6. The molecule has 0 aromatic rings. The maximum Gasteiger partial charge on any atom is -0.0351 e. The molecule has 0 saturated carbocycles. The van der Waals surface area contributed by atoms with E-state index in [0.717, 1.165) is 0 Å². The highest BCUT2D eigenvalue weighted by molar-refractivity contribution is 4.80. The molecular formula is C22H44. The topological polar surface area (TPSA) is 0 Å². The average molecular weight is 309 g/mol. The number of hydrogen-bond acceptors (Lipinski definition) is 0. The Morgan fingerprint density at radius 2 is 0.727 bits per heavy atom. The first-order chi connectivity index (χ1) is 10.9. The standard InChI is InChI=1S/C22H44/c1-3-5-7-9-11-13-15-17-19-21-22-20-18-16-14-12-10-8-6-4-2/h7,9H,3-6,8,10-22H2,1-2H3/b9-7-. The van der Waals surface area contributed by atoms with Gasteiger partial charge >= 0.3 is 0 Å². The fourth-order valence-electron chi connectivity index (χ4n) is 3.04. The largest absolute Gasteiger partial charge is 0.0885 e. The second-order valence-corrected chi connectivity index (χ2v) is 7.00. The molecule has 0 heteroatoms. The summed E-state index contributed by atoms with van der Waals surface area (Å²) >= 11 is 0. The quantitative estimate of drug-likeness (QED) is 0.176. The molecule has 0 nitrogen and oxygen atoms in total. The molecule has 0 aromatic carbocycles. The minimum atomic E-state index is 1.26. The van der Waals surface area contributed by atoms with E-state index in [0.29, 0.717) is 0 Å². The van der Waals surface area contributed by atoms with E-state index < -0.39 is 0 Å². The molecule has 0 aromatic heterocycles. The van der Waals surface area contributed by atoms with Gasteiger partial charge in [0.15, 0.2) is 0 Å². The molecule has 0 saturated heterocycles. The zero-order chi connectivity index (χ0) is 16.1. The lowest BCUT2D eigenvalue weighted by atomic mass is 10.0. The van der Waals surface area contributed by atoms with Gasteiger partial charge in [-0.2, -0.15) is 0 Å². The summed E-state index contributed by atoms with van der Waals surface area (Å²) in [6.07, 6.45) is 30.5. The van der Waals surface area contributed by atoms with Crippen LogP contribution >= 0.6 is 0 Å². The van der Waals surface area contributed by atoms with Crippen LogP contribution < -0.4 is 0 Å². The maximum absolute atomic E-state index is 2.38. The summed E-state index contributed by atoms with van der Waals surface area (Å²) in [6, 6.07) is 0. The normalized spacial score (nSPS) is 11.5. The Morgan fingerprint density at radius 3 is 1.14 bits per heavy atom. The second-order valence-electron chi connectivity index (χ2n) is 7.00. The van der Waals surface area contributed by atoms with Crippen molar-refractivity contribution in [2.75, 3.05) is 0 Å². The lowest BCUT2D eigenvalue weighted by Crippen LogP contribution is -1.83. The van der Waals surface area contributed by atoms with Crippen LogP contribution in [0.2, 0.25) is 0 Å². The smallest absolute Gasteiger partial charge is 0.0351 e. The van der Waals surface area contributed by atoms with Crippen LogP contribution in [0.4, 0.5) is 0 Å². The van der Waals surface area contributed by atoms with E-state index in [1.54, 1.807) is 0 Å². The first-order valence-electron chi connectivity index (χ1n) is 10.6. The van der Waals surface area contributed by atoms with Gasteiger partial charge in [0.25, 0.3) is 0 Å². The maximum atomic E-state index is 2.38. The molecule has 0 radical (unpaired) electrons. The van der Waals surface area contributed by atoms with Crippen LogP contribution in [0.15, 0.2) is 12.2 Å². The van der Waals surface area contributed by atoms with Crippen molar-refractivity contribution in [3.63, 3.8) is 0 Å². The number of hydrogen-bond donors (Lipinski definition) is 0. The Morgan fingerprint density at radius 1 is 0.364 bits per heavy atom. The Bertz CT molecular complexity index is 204. The van der Waals surface area contributed by atoms with Gasteiger partial charge in [-0.1, -0.05) is 122 Å². The van der Waals surface area contributed by atoms with E-state index in [2.05, 4.69) is 26.0 Å². The van der Waals surface area contributed by atoms with E-state index in [4.69, 9.17) is 0 Å². The zero-order valence-corrected chi connectivity index (χ0v) is 15.9. The van der Waals surface area contributed by atoms with Gasteiger partial charge in [-0.15, -0.1) is 0 Å². The van der Waals surface area contributed by atoms with Crippen LogP contribution in [0.1, 0.15) is 129 Å². The fourth-order valence-corrected chi connectivity index (χ4v) is 3.04. The van der Waals surface area contributed by atoms with Crippen LogP contribution in [-0.2, 0) is 0 Å². The van der Waals surface area contributed by atoms with Crippen LogP contribution in [-0.4, -0.2) is 0 Å². The summed E-state index contributed by atoms with van der Waals surface area (Å²) in [7, 11) is 0. The van der Waals surface area contributed by atoms with E-state index >= 15 is 0 Å². The number of rotatable bonds is 18. The highest BCUT2D eigenvalue weighted by atomic mass is 14.0. The second kappa shape index (κ2) is 20.7. The summed E-state index contributed by atoms with van der Waals surface area (Å²) in [6.45, 7) is 4.54. The molecule has 0 rings (SSSR count). The minimum Gasteiger partial charge on any atom is -0.0885 e. The molecule has 132 valence electrons. The number of unbranched alkanes of at least 4 members (excludes halogenated alkanes) is 16. The summed E-state index contributed by atoms with van der Waals surface area (Å²) in [5.41, 5.74) is 0. The van der Waals surface area contributed by atoms with E-state index in [-0.39, 0.29) is 0 Å². The molecule has 0 atom stereocenters. The van der Waals surface area contributed by atoms with Crippen molar-refractivity contribution in [3.05, 3.63) is 12.2 Å². The van der Waals surface area contributed by atoms with Crippen molar-refractivity contribution in [1.29, 1.82) is 0 Å². The van der Waals surface area contributed by atoms with Crippen LogP contribution in [0.3, 0.4) is 0 Å². The predicted molar refractivity (Wildman–Crippen MR) is 104 cm³/mol. The predicted octanol–water partition coefficient (Wildman–Crippen LogP) is 8.60. The highest BCUT2D eigenvalue weighted by Crippen LogP contribution is 2.13. The molecule has 0 amide bonds. The summed E-state index contributed by atoms with van der Waals surface area (Å²) in [4.78, 5) is 0. The van der Waals surface area contributed by atoms with E-state index in [9.17, 15) is 0 Å². The highest BCUT2D eigenvalue weighted by Gasteiger charge is 1.94. The summed E-state index contributed by atoms with van der Waals surface area (Å²) in [5.74, 6) is 0.